The van der Waals surface area contributed by atoms with E-state index in [0.717, 1.165) is 0 Å². The van der Waals surface area contributed by atoms with Gasteiger partial charge in [0.25, 0.3) is 21.8 Å². The number of benzene rings is 1. The number of piperazine rings is 1. The first-order valence-electron chi connectivity index (χ1n) is 10.1. The summed E-state index contributed by atoms with van der Waals surface area (Å²) in [5, 5.41) is 0. The van der Waals surface area contributed by atoms with Crippen molar-refractivity contribution in [2.45, 2.75) is 0 Å². The molecule has 3 aliphatic heterocycles. The second-order valence-electron chi connectivity index (χ2n) is 7.50. The van der Waals surface area contributed by atoms with E-state index in [2.05, 4.69) is 4.40 Å². The van der Waals surface area contributed by atoms with Gasteiger partial charge < -0.3 is 24.2 Å². The lowest BCUT2D eigenvalue weighted by Crippen LogP contribution is -2.52. The third-order valence-electron chi connectivity index (χ3n) is 5.54. The van der Waals surface area contributed by atoms with Gasteiger partial charge in [-0.2, -0.15) is 0 Å². The third kappa shape index (κ3) is 4.33. The van der Waals surface area contributed by atoms with Gasteiger partial charge in [-0.15, -0.1) is 4.40 Å². The number of carbonyl (C=O) groups excluding carboxylic acids is 2. The zero-order chi connectivity index (χ0) is 22.9. The van der Waals surface area contributed by atoms with Crippen LogP contribution in [0.15, 0.2) is 46.5 Å². The fourth-order valence-corrected chi connectivity index (χ4v) is 4.76. The van der Waals surface area contributed by atoms with Crippen molar-refractivity contribution in [3.63, 3.8) is 0 Å². The lowest BCUT2D eigenvalue weighted by atomic mass is 10.1. The van der Waals surface area contributed by atoms with Crippen molar-refractivity contribution in [3.05, 3.63) is 47.7 Å². The Hall–Kier alpha value is -3.34. The van der Waals surface area contributed by atoms with Crippen LogP contribution in [0.2, 0.25) is 0 Å². The molecule has 3 heterocycles. The zero-order valence-electron chi connectivity index (χ0n) is 17.9. The highest BCUT2D eigenvalue weighted by molar-refractivity contribution is 7.90. The lowest BCUT2D eigenvalue weighted by molar-refractivity contribution is -0.128. The van der Waals surface area contributed by atoms with Crippen LogP contribution in [0.4, 0.5) is 0 Å². The topological polar surface area (TPSA) is 109 Å². The minimum absolute atomic E-state index is 0.0852. The molecular weight excluding hydrogens is 436 g/mol. The number of nitrogens with zero attached hydrogens (tertiary/aromatic N) is 4. The molecule has 1 saturated heterocycles. The van der Waals surface area contributed by atoms with Gasteiger partial charge >= 0.3 is 0 Å². The number of allylic oxidation sites excluding steroid dienone is 2. The Bertz CT molecular complexity index is 1110. The van der Waals surface area contributed by atoms with Crippen molar-refractivity contribution in [1.29, 1.82) is 0 Å². The van der Waals surface area contributed by atoms with E-state index in [1.54, 1.807) is 51.3 Å². The number of methoxy groups -OCH3 is 2. The molecule has 10 nitrogen and oxygen atoms in total. The second-order valence-corrected chi connectivity index (χ2v) is 9.26. The Labute approximate surface area is 186 Å². The average Bonchev–Trinajstić information content (AvgIpc) is 2.82. The predicted octanol–water partition coefficient (Wildman–Crippen LogP) is 0.486. The molecule has 0 unspecified atom stereocenters. The normalized spacial score (nSPS) is 19.6. The summed E-state index contributed by atoms with van der Waals surface area (Å²) in [4.78, 5) is 31.0. The van der Waals surface area contributed by atoms with Gasteiger partial charge in [-0.1, -0.05) is 0 Å². The first-order valence-corrected chi connectivity index (χ1v) is 11.7. The number of hydrogen-bond acceptors (Lipinski definition) is 7. The highest BCUT2D eigenvalue weighted by Gasteiger charge is 2.33. The molecule has 1 fully saturated rings. The minimum atomic E-state index is -3.59. The number of ether oxygens (including phenoxy) is 2. The molecule has 0 aromatic heterocycles. The molecule has 0 saturated carbocycles. The highest BCUT2D eigenvalue weighted by atomic mass is 32.2. The van der Waals surface area contributed by atoms with Gasteiger partial charge in [-0.05, 0) is 24.3 Å². The molecule has 32 heavy (non-hydrogen) atoms. The molecule has 0 spiro atoms. The molecule has 11 heteroatoms. The van der Waals surface area contributed by atoms with Crippen LogP contribution < -0.4 is 9.47 Å². The largest absolute Gasteiger partial charge is 0.497 e. The van der Waals surface area contributed by atoms with E-state index in [1.807, 2.05) is 0 Å². The highest BCUT2D eigenvalue weighted by Crippen LogP contribution is 2.24. The molecule has 2 amide bonds. The van der Waals surface area contributed by atoms with Crippen molar-refractivity contribution in [1.82, 2.24) is 14.7 Å². The van der Waals surface area contributed by atoms with Crippen LogP contribution in [0.25, 0.3) is 0 Å². The van der Waals surface area contributed by atoms with Crippen LogP contribution >= 0.6 is 0 Å². The van der Waals surface area contributed by atoms with E-state index >= 15 is 0 Å². The quantitative estimate of drug-likeness (QED) is 0.643. The first-order chi connectivity index (χ1) is 15.3. The van der Waals surface area contributed by atoms with E-state index in [4.69, 9.17) is 9.47 Å². The number of amidine groups is 1. The number of amides is 2. The maximum Gasteiger partial charge on any atom is 0.257 e. The summed E-state index contributed by atoms with van der Waals surface area (Å²) >= 11 is 0. The third-order valence-corrected chi connectivity index (χ3v) is 6.69. The SMILES string of the molecule is COc1cc(OC)cc(C(=O)N2CCN(C(=O)C3=CC=CN4CCS(=O)(=O)N=C34)CC2)c1. The van der Waals surface area contributed by atoms with Gasteiger partial charge in [0.15, 0.2) is 5.84 Å². The minimum Gasteiger partial charge on any atom is -0.497 e. The molecule has 0 aliphatic carbocycles. The summed E-state index contributed by atoms with van der Waals surface area (Å²) in [6.07, 6.45) is 5.00. The molecule has 4 rings (SSSR count). The summed E-state index contributed by atoms with van der Waals surface area (Å²) in [5.41, 5.74) is 0.687. The van der Waals surface area contributed by atoms with Crippen LogP contribution in [-0.2, 0) is 14.8 Å². The zero-order valence-corrected chi connectivity index (χ0v) is 18.7. The molecular formula is C21H24N4O6S. The number of rotatable bonds is 4. The van der Waals surface area contributed by atoms with Crippen molar-refractivity contribution < 1.29 is 27.5 Å². The van der Waals surface area contributed by atoms with E-state index in [9.17, 15) is 18.0 Å². The van der Waals surface area contributed by atoms with Crippen LogP contribution in [0.3, 0.4) is 0 Å². The van der Waals surface area contributed by atoms with Crippen molar-refractivity contribution in [2.75, 3.05) is 52.7 Å². The molecule has 0 atom stereocenters. The molecule has 170 valence electrons. The summed E-state index contributed by atoms with van der Waals surface area (Å²) in [6, 6.07) is 4.99. The summed E-state index contributed by atoms with van der Waals surface area (Å²) in [5.74, 6) is 0.635. The van der Waals surface area contributed by atoms with E-state index in [0.29, 0.717) is 43.2 Å². The second kappa shape index (κ2) is 8.65. The van der Waals surface area contributed by atoms with Gasteiger partial charge in [0.05, 0.1) is 25.5 Å². The number of sulfonamides is 1. The predicted molar refractivity (Wildman–Crippen MR) is 117 cm³/mol. The molecule has 1 aromatic rings. The molecule has 3 aliphatic rings. The van der Waals surface area contributed by atoms with E-state index in [-0.39, 0.29) is 35.5 Å². The lowest BCUT2D eigenvalue weighted by Gasteiger charge is -2.36. The molecule has 0 N–H and O–H groups in total. The fourth-order valence-electron chi connectivity index (χ4n) is 3.78. The van der Waals surface area contributed by atoms with Gasteiger partial charge in [-0.25, -0.2) is 8.42 Å². The maximum absolute atomic E-state index is 13.1. The first kappa shape index (κ1) is 21.9. The van der Waals surface area contributed by atoms with Crippen molar-refractivity contribution in [2.24, 2.45) is 4.40 Å². The monoisotopic (exact) mass is 460 g/mol. The maximum atomic E-state index is 13.1. The van der Waals surface area contributed by atoms with Crippen LogP contribution in [-0.4, -0.2) is 93.5 Å². The van der Waals surface area contributed by atoms with Crippen LogP contribution in [0, 0.1) is 0 Å². The molecule has 0 bridgehead atoms. The Balaban J connectivity index is 1.45. The van der Waals surface area contributed by atoms with Crippen molar-refractivity contribution >= 4 is 27.7 Å². The number of carbonyl (C=O) groups is 2. The Morgan fingerprint density at radius 1 is 0.906 bits per heavy atom. The molecule has 1 aromatic carbocycles. The summed E-state index contributed by atoms with van der Waals surface area (Å²) in [7, 11) is -0.546. The average molecular weight is 461 g/mol. The van der Waals surface area contributed by atoms with Crippen molar-refractivity contribution in [3.8, 4) is 11.5 Å². The van der Waals surface area contributed by atoms with Gasteiger partial charge in [0.2, 0.25) is 0 Å². The number of fused-ring (bicyclic) bond motifs is 1. The Morgan fingerprint density at radius 2 is 1.50 bits per heavy atom. The van der Waals surface area contributed by atoms with Gasteiger partial charge in [0.1, 0.15) is 11.5 Å². The van der Waals surface area contributed by atoms with Gasteiger partial charge in [-0.3, -0.25) is 9.59 Å². The Kier molecular flexibility index (Phi) is 5.92. The summed E-state index contributed by atoms with van der Waals surface area (Å²) in [6.45, 7) is 1.61. The number of hydrogen-bond donors (Lipinski definition) is 0. The Morgan fingerprint density at radius 3 is 2.09 bits per heavy atom. The smallest absolute Gasteiger partial charge is 0.257 e. The summed E-state index contributed by atoms with van der Waals surface area (Å²) < 4.78 is 38.2. The van der Waals surface area contributed by atoms with Crippen LogP contribution in [0.1, 0.15) is 10.4 Å². The van der Waals surface area contributed by atoms with Gasteiger partial charge in [0, 0.05) is 50.6 Å². The molecule has 0 radical (unpaired) electrons. The van der Waals surface area contributed by atoms with E-state index < -0.39 is 10.0 Å². The standard InChI is InChI=1S/C21H24N4O6S/c1-30-16-12-15(13-17(14-16)31-2)20(26)24-6-8-25(9-7-24)21(27)18-4-3-5-23-10-11-32(28,29)22-19(18)23/h3-5,12-14H,6-11H2,1-2H3. The fraction of sp³-hybridized carbons (Fsp3) is 0.381. The van der Waals surface area contributed by atoms with Crippen LogP contribution in [0.5, 0.6) is 11.5 Å². The van der Waals surface area contributed by atoms with E-state index in [1.165, 1.54) is 14.2 Å².